The van der Waals surface area contributed by atoms with E-state index < -0.39 is 0 Å². The molecule has 0 unspecified atom stereocenters. The third-order valence-corrected chi connectivity index (χ3v) is 0.769. The van der Waals surface area contributed by atoms with E-state index in [-0.39, 0.29) is 11.0 Å². The van der Waals surface area contributed by atoms with Gasteiger partial charge in [-0.05, 0) is 22.9 Å². The second-order valence-electron chi connectivity index (χ2n) is 1.39. The Hall–Kier alpha value is -0.0500. The second kappa shape index (κ2) is 3.89. The van der Waals surface area contributed by atoms with Crippen LogP contribution in [0.1, 0.15) is 20.3 Å². The van der Waals surface area contributed by atoms with Gasteiger partial charge in [0.2, 0.25) is 0 Å². The Kier molecular flexibility index (Phi) is 3.87. The lowest BCUT2D eigenvalue weighted by molar-refractivity contribution is -0.143. The molecule has 0 aliphatic carbocycles. The number of alkyl halides is 1. The fraction of sp³-hybridized carbons (Fsp3) is 0.800. The highest BCUT2D eigenvalue weighted by Crippen LogP contribution is 2.00. The molecule has 0 aromatic heterocycles. The predicted octanol–water partition coefficient (Wildman–Crippen LogP) is 1.68. The van der Waals surface area contributed by atoms with Crippen LogP contribution in [-0.2, 0) is 9.53 Å². The fourth-order valence-electron chi connectivity index (χ4n) is 0.264. The van der Waals surface area contributed by atoms with Gasteiger partial charge in [0.1, 0.15) is 0 Å². The molecule has 1 atom stereocenters. The average Bonchev–Trinajstić information content (AvgIpc) is 1.65. The van der Waals surface area contributed by atoms with E-state index in [2.05, 4.69) is 20.7 Å². The van der Waals surface area contributed by atoms with Crippen molar-refractivity contribution in [3.8, 4) is 0 Å². The summed E-state index contributed by atoms with van der Waals surface area (Å²) < 4.78 is 4.68. The fourth-order valence-corrected chi connectivity index (χ4v) is 0.473. The van der Waals surface area contributed by atoms with Crippen LogP contribution >= 0.6 is 15.9 Å². The molecule has 0 radical (unpaired) electrons. The summed E-state index contributed by atoms with van der Waals surface area (Å²) in [7, 11) is 0. The quantitative estimate of drug-likeness (QED) is 0.478. The van der Waals surface area contributed by atoms with Crippen LogP contribution in [0.4, 0.5) is 0 Å². The number of carbonyl (C=O) groups is 1. The topological polar surface area (TPSA) is 26.3 Å². The monoisotopic (exact) mass is 180 g/mol. The molecule has 2 nitrogen and oxygen atoms in total. The summed E-state index contributed by atoms with van der Waals surface area (Å²) in [5.74, 6) is -0.172. The molecule has 0 aliphatic rings. The van der Waals surface area contributed by atoms with Gasteiger partial charge in [0.15, 0.2) is 5.01 Å². The summed E-state index contributed by atoms with van der Waals surface area (Å²) in [5.41, 5.74) is 0. The molecule has 0 heterocycles. The third kappa shape index (κ3) is 4.12. The molecule has 0 spiro atoms. The van der Waals surface area contributed by atoms with Crippen LogP contribution in [0.3, 0.4) is 0 Å². The lowest BCUT2D eigenvalue weighted by Gasteiger charge is -2.02. The summed E-state index contributed by atoms with van der Waals surface area (Å²) in [6.45, 7) is 3.52. The van der Waals surface area contributed by atoms with Crippen molar-refractivity contribution in [3.63, 3.8) is 0 Å². The Morgan fingerprint density at radius 3 is 2.50 bits per heavy atom. The van der Waals surface area contributed by atoms with Crippen LogP contribution < -0.4 is 0 Å². The average molecular weight is 181 g/mol. The number of hydrogen-bond donors (Lipinski definition) is 0. The van der Waals surface area contributed by atoms with Crippen molar-refractivity contribution in [2.45, 2.75) is 25.3 Å². The molecular formula is C5H9BrO2. The Morgan fingerprint density at radius 2 is 2.38 bits per heavy atom. The van der Waals surface area contributed by atoms with Crippen LogP contribution in [0.25, 0.3) is 0 Å². The van der Waals surface area contributed by atoms with E-state index in [1.807, 2.05) is 0 Å². The number of hydrogen-bond acceptors (Lipinski definition) is 2. The standard InChI is InChI=1S/C5H9BrO2/c1-3-5(7)8-4(2)6/h4H,3H2,1-2H3/t4-/m0/s1. The Labute approximate surface area is 57.3 Å². The zero-order valence-corrected chi connectivity index (χ0v) is 6.56. The number of carbonyl (C=O) groups excluding carboxylic acids is 1. The Balaban J connectivity index is 3.25. The van der Waals surface area contributed by atoms with Crippen molar-refractivity contribution < 1.29 is 9.53 Å². The molecule has 0 bridgehead atoms. The summed E-state index contributed by atoms with van der Waals surface area (Å²) in [5, 5.41) is -0.157. The molecule has 0 aliphatic heterocycles. The highest BCUT2D eigenvalue weighted by molar-refractivity contribution is 9.09. The van der Waals surface area contributed by atoms with Crippen molar-refractivity contribution >= 4 is 21.9 Å². The smallest absolute Gasteiger partial charge is 0.306 e. The molecule has 3 heteroatoms. The van der Waals surface area contributed by atoms with E-state index in [1.165, 1.54) is 0 Å². The zero-order valence-electron chi connectivity index (χ0n) is 4.98. The van der Waals surface area contributed by atoms with E-state index in [4.69, 9.17) is 0 Å². The molecule has 0 aromatic carbocycles. The zero-order chi connectivity index (χ0) is 6.57. The van der Waals surface area contributed by atoms with Gasteiger partial charge in [0, 0.05) is 6.42 Å². The molecule has 0 N–H and O–H groups in total. The van der Waals surface area contributed by atoms with Gasteiger partial charge < -0.3 is 4.74 Å². The van der Waals surface area contributed by atoms with Crippen molar-refractivity contribution in [2.75, 3.05) is 0 Å². The van der Waals surface area contributed by atoms with Gasteiger partial charge in [-0.3, -0.25) is 4.79 Å². The maximum Gasteiger partial charge on any atom is 0.306 e. The lowest BCUT2D eigenvalue weighted by Crippen LogP contribution is -2.06. The number of ether oxygens (including phenoxy) is 1. The normalized spacial score (nSPS) is 12.9. The van der Waals surface area contributed by atoms with E-state index in [0.29, 0.717) is 6.42 Å². The van der Waals surface area contributed by atoms with E-state index in [0.717, 1.165) is 0 Å². The maximum atomic E-state index is 10.4. The largest absolute Gasteiger partial charge is 0.451 e. The van der Waals surface area contributed by atoms with Gasteiger partial charge in [0.25, 0.3) is 0 Å². The van der Waals surface area contributed by atoms with Crippen LogP contribution in [0.15, 0.2) is 0 Å². The molecule has 8 heavy (non-hydrogen) atoms. The summed E-state index contributed by atoms with van der Waals surface area (Å²) >= 11 is 3.07. The van der Waals surface area contributed by atoms with Crippen molar-refractivity contribution in [1.29, 1.82) is 0 Å². The van der Waals surface area contributed by atoms with Gasteiger partial charge in [-0.1, -0.05) is 6.92 Å². The maximum absolute atomic E-state index is 10.4. The molecule has 0 saturated heterocycles. The highest BCUT2D eigenvalue weighted by Gasteiger charge is 2.00. The first-order chi connectivity index (χ1) is 3.66. The van der Waals surface area contributed by atoms with Crippen LogP contribution in [-0.4, -0.2) is 11.0 Å². The summed E-state index contributed by atoms with van der Waals surface area (Å²) in [6, 6.07) is 0. The van der Waals surface area contributed by atoms with Crippen molar-refractivity contribution in [2.24, 2.45) is 0 Å². The summed E-state index contributed by atoms with van der Waals surface area (Å²) in [4.78, 5) is 10.4. The molecular weight excluding hydrogens is 172 g/mol. The van der Waals surface area contributed by atoms with Gasteiger partial charge in [-0.2, -0.15) is 0 Å². The predicted molar refractivity (Wildman–Crippen MR) is 34.8 cm³/mol. The van der Waals surface area contributed by atoms with Crippen molar-refractivity contribution in [1.82, 2.24) is 0 Å². The lowest BCUT2D eigenvalue weighted by atomic mass is 10.5. The highest BCUT2D eigenvalue weighted by atomic mass is 79.9. The molecule has 48 valence electrons. The Morgan fingerprint density at radius 1 is 1.88 bits per heavy atom. The van der Waals surface area contributed by atoms with Gasteiger partial charge >= 0.3 is 5.97 Å². The SMILES string of the molecule is CCC(=O)O[C@@H](C)Br. The van der Waals surface area contributed by atoms with Crippen molar-refractivity contribution in [3.05, 3.63) is 0 Å². The minimum atomic E-state index is -0.172. The number of esters is 1. The van der Waals surface area contributed by atoms with E-state index in [9.17, 15) is 4.79 Å². The van der Waals surface area contributed by atoms with Gasteiger partial charge in [0.05, 0.1) is 0 Å². The molecule has 0 amide bonds. The van der Waals surface area contributed by atoms with Crippen LogP contribution in [0, 0.1) is 0 Å². The minimum Gasteiger partial charge on any atom is -0.451 e. The first-order valence-electron chi connectivity index (χ1n) is 2.50. The van der Waals surface area contributed by atoms with Crippen LogP contribution in [0.2, 0.25) is 0 Å². The summed E-state index contributed by atoms with van der Waals surface area (Å²) in [6.07, 6.45) is 0.440. The first kappa shape index (κ1) is 7.95. The van der Waals surface area contributed by atoms with Gasteiger partial charge in [-0.25, -0.2) is 0 Å². The molecule has 0 saturated carbocycles. The number of rotatable bonds is 2. The molecule has 0 aromatic rings. The second-order valence-corrected chi connectivity index (χ2v) is 2.68. The minimum absolute atomic E-state index is 0.157. The first-order valence-corrected chi connectivity index (χ1v) is 3.42. The number of halogens is 1. The molecule has 0 fully saturated rings. The van der Waals surface area contributed by atoms with E-state index in [1.54, 1.807) is 13.8 Å². The third-order valence-electron chi connectivity index (χ3n) is 0.583. The van der Waals surface area contributed by atoms with Crippen LogP contribution in [0.5, 0.6) is 0 Å². The Bertz CT molecular complexity index is 80.5. The van der Waals surface area contributed by atoms with E-state index >= 15 is 0 Å². The van der Waals surface area contributed by atoms with Gasteiger partial charge in [-0.15, -0.1) is 0 Å². The molecule has 0 rings (SSSR count).